The third-order valence-corrected chi connectivity index (χ3v) is 3.99. The fourth-order valence-electron chi connectivity index (χ4n) is 2.49. The molecule has 0 bridgehead atoms. The van der Waals surface area contributed by atoms with Crippen molar-refractivity contribution in [3.63, 3.8) is 0 Å². The molecule has 112 valence electrons. The Morgan fingerprint density at radius 1 is 1.05 bits per heavy atom. The van der Waals surface area contributed by atoms with E-state index < -0.39 is 0 Å². The van der Waals surface area contributed by atoms with Crippen LogP contribution in [0.3, 0.4) is 0 Å². The number of hydrogen-bond donors (Lipinski definition) is 1. The summed E-state index contributed by atoms with van der Waals surface area (Å²) in [5.74, 6) is 0. The molecule has 0 aliphatic rings. The third-order valence-electron chi connectivity index (χ3n) is 3.77. The third kappa shape index (κ3) is 4.33. The van der Waals surface area contributed by atoms with E-state index in [1.807, 2.05) is 19.1 Å². The second-order valence-corrected chi connectivity index (χ2v) is 7.26. The fourth-order valence-corrected chi connectivity index (χ4v) is 2.79. The summed E-state index contributed by atoms with van der Waals surface area (Å²) in [5.41, 5.74) is 11.4. The lowest BCUT2D eigenvalue weighted by atomic mass is 9.86. The van der Waals surface area contributed by atoms with Crippen molar-refractivity contribution >= 4 is 11.6 Å². The van der Waals surface area contributed by atoms with Gasteiger partial charge in [-0.1, -0.05) is 62.7 Å². The topological polar surface area (TPSA) is 26.0 Å². The van der Waals surface area contributed by atoms with Gasteiger partial charge in [-0.15, -0.1) is 0 Å². The zero-order valence-corrected chi connectivity index (χ0v) is 14.0. The van der Waals surface area contributed by atoms with E-state index in [1.165, 1.54) is 11.1 Å². The molecule has 0 heterocycles. The fraction of sp³-hybridized carbons (Fsp3) is 0.368. The summed E-state index contributed by atoms with van der Waals surface area (Å²) in [6.45, 7) is 8.72. The van der Waals surface area contributed by atoms with Gasteiger partial charge in [-0.3, -0.25) is 0 Å². The summed E-state index contributed by atoms with van der Waals surface area (Å²) in [5, 5.41) is 0.753. The molecule has 2 rings (SSSR count). The van der Waals surface area contributed by atoms with Gasteiger partial charge in [0.15, 0.2) is 0 Å². The molecule has 2 aromatic carbocycles. The van der Waals surface area contributed by atoms with E-state index in [-0.39, 0.29) is 11.5 Å². The Morgan fingerprint density at radius 3 is 2.19 bits per heavy atom. The molecule has 21 heavy (non-hydrogen) atoms. The summed E-state index contributed by atoms with van der Waals surface area (Å²) in [4.78, 5) is 0. The number of benzene rings is 2. The number of rotatable bonds is 3. The van der Waals surface area contributed by atoms with Crippen molar-refractivity contribution in [3.05, 3.63) is 69.7 Å². The van der Waals surface area contributed by atoms with E-state index in [0.717, 1.165) is 22.6 Å². The Hall–Kier alpha value is -1.31. The summed E-state index contributed by atoms with van der Waals surface area (Å²) < 4.78 is 0. The van der Waals surface area contributed by atoms with Gasteiger partial charge in [0, 0.05) is 11.1 Å². The maximum Gasteiger partial charge on any atom is 0.0411 e. The van der Waals surface area contributed by atoms with Crippen molar-refractivity contribution in [1.82, 2.24) is 0 Å². The normalized spacial score (nSPS) is 13.2. The molecule has 0 aromatic heterocycles. The second kappa shape index (κ2) is 6.21. The number of halogens is 1. The first kappa shape index (κ1) is 16.1. The second-order valence-electron chi connectivity index (χ2n) is 6.82. The molecule has 1 atom stereocenters. The van der Waals surface area contributed by atoms with Gasteiger partial charge in [0.25, 0.3) is 0 Å². The van der Waals surface area contributed by atoms with Crippen LogP contribution in [0.2, 0.25) is 5.02 Å². The summed E-state index contributed by atoms with van der Waals surface area (Å²) in [6.07, 6.45) is 0.824. The summed E-state index contributed by atoms with van der Waals surface area (Å²) in [6, 6.07) is 14.8. The summed E-state index contributed by atoms with van der Waals surface area (Å²) in [7, 11) is 0. The molecule has 2 aromatic rings. The monoisotopic (exact) mass is 301 g/mol. The zero-order valence-electron chi connectivity index (χ0n) is 13.3. The number of nitrogens with two attached hydrogens (primary N) is 1. The highest BCUT2D eigenvalue weighted by atomic mass is 35.5. The molecule has 1 nitrogen and oxygen atoms in total. The van der Waals surface area contributed by atoms with Crippen molar-refractivity contribution in [3.8, 4) is 0 Å². The lowest BCUT2D eigenvalue weighted by Gasteiger charge is -2.20. The van der Waals surface area contributed by atoms with Gasteiger partial charge in [0.05, 0.1) is 0 Å². The van der Waals surface area contributed by atoms with Gasteiger partial charge in [-0.05, 0) is 53.1 Å². The Morgan fingerprint density at radius 2 is 1.67 bits per heavy atom. The predicted octanol–water partition coefficient (Wildman–Crippen LogP) is 5.19. The van der Waals surface area contributed by atoms with Gasteiger partial charge < -0.3 is 5.73 Å². The Bertz CT molecular complexity index is 588. The van der Waals surface area contributed by atoms with Crippen LogP contribution in [0, 0.1) is 6.92 Å². The van der Waals surface area contributed by atoms with Crippen molar-refractivity contribution in [1.29, 1.82) is 0 Å². The molecule has 0 radical (unpaired) electrons. The molecule has 0 aliphatic heterocycles. The molecule has 0 amide bonds. The average Bonchev–Trinajstić information content (AvgIpc) is 2.37. The number of aryl methyl sites for hydroxylation is 1. The first-order chi connectivity index (χ1) is 9.75. The van der Waals surface area contributed by atoms with Crippen LogP contribution >= 0.6 is 11.6 Å². The van der Waals surface area contributed by atoms with Crippen LogP contribution in [0.25, 0.3) is 0 Å². The molecule has 2 N–H and O–H groups in total. The van der Waals surface area contributed by atoms with Crippen molar-refractivity contribution in [2.24, 2.45) is 5.73 Å². The van der Waals surface area contributed by atoms with Gasteiger partial charge in [0.2, 0.25) is 0 Å². The van der Waals surface area contributed by atoms with Crippen LogP contribution in [-0.4, -0.2) is 0 Å². The SMILES string of the molecule is Cc1cc(Cl)cc(C(N)Cc2ccc(C(C)(C)C)cc2)c1. The van der Waals surface area contributed by atoms with E-state index in [0.29, 0.717) is 0 Å². The lowest BCUT2D eigenvalue weighted by molar-refractivity contribution is 0.589. The maximum absolute atomic E-state index is 6.33. The van der Waals surface area contributed by atoms with Crippen molar-refractivity contribution in [2.75, 3.05) is 0 Å². The van der Waals surface area contributed by atoms with Gasteiger partial charge in [-0.25, -0.2) is 0 Å². The van der Waals surface area contributed by atoms with Crippen LogP contribution in [0.15, 0.2) is 42.5 Å². The zero-order chi connectivity index (χ0) is 15.6. The largest absolute Gasteiger partial charge is 0.324 e. The van der Waals surface area contributed by atoms with E-state index >= 15 is 0 Å². The minimum absolute atomic E-state index is 0.0251. The molecule has 0 fully saturated rings. The standard InChI is InChI=1S/C19H24ClN/c1-13-9-15(12-17(20)10-13)18(21)11-14-5-7-16(8-6-14)19(2,3)4/h5-10,12,18H,11,21H2,1-4H3. The highest BCUT2D eigenvalue weighted by Gasteiger charge is 2.14. The Kier molecular flexibility index (Phi) is 4.75. The van der Waals surface area contributed by atoms with E-state index in [2.05, 4.69) is 51.1 Å². The maximum atomic E-state index is 6.33. The first-order valence-electron chi connectivity index (χ1n) is 7.38. The highest BCUT2D eigenvalue weighted by molar-refractivity contribution is 6.30. The molecule has 2 heteroatoms. The van der Waals surface area contributed by atoms with Crippen molar-refractivity contribution < 1.29 is 0 Å². The molecular weight excluding hydrogens is 278 g/mol. The quantitative estimate of drug-likeness (QED) is 0.829. The average molecular weight is 302 g/mol. The molecule has 0 saturated heterocycles. The minimum atomic E-state index is -0.0251. The van der Waals surface area contributed by atoms with Crippen LogP contribution in [-0.2, 0) is 11.8 Å². The van der Waals surface area contributed by atoms with E-state index in [9.17, 15) is 0 Å². The molecular formula is C19H24ClN. The van der Waals surface area contributed by atoms with Crippen LogP contribution < -0.4 is 5.73 Å². The molecule has 0 aliphatic carbocycles. The number of hydrogen-bond acceptors (Lipinski definition) is 1. The van der Waals surface area contributed by atoms with Crippen LogP contribution in [0.4, 0.5) is 0 Å². The minimum Gasteiger partial charge on any atom is -0.324 e. The van der Waals surface area contributed by atoms with Gasteiger partial charge in [0.1, 0.15) is 0 Å². The lowest BCUT2D eigenvalue weighted by Crippen LogP contribution is -2.14. The summed E-state index contributed by atoms with van der Waals surface area (Å²) >= 11 is 6.11. The predicted molar refractivity (Wildman–Crippen MR) is 92.0 cm³/mol. The van der Waals surface area contributed by atoms with Gasteiger partial charge >= 0.3 is 0 Å². The smallest absolute Gasteiger partial charge is 0.0411 e. The highest BCUT2D eigenvalue weighted by Crippen LogP contribution is 2.25. The molecule has 1 unspecified atom stereocenters. The molecule has 0 spiro atoms. The Balaban J connectivity index is 2.14. The van der Waals surface area contributed by atoms with Crippen LogP contribution in [0.5, 0.6) is 0 Å². The van der Waals surface area contributed by atoms with Gasteiger partial charge in [-0.2, -0.15) is 0 Å². The first-order valence-corrected chi connectivity index (χ1v) is 7.75. The molecule has 0 saturated carbocycles. The Labute approximate surface area is 133 Å². The van der Waals surface area contributed by atoms with E-state index in [1.54, 1.807) is 0 Å². The van der Waals surface area contributed by atoms with E-state index in [4.69, 9.17) is 17.3 Å². The van der Waals surface area contributed by atoms with Crippen molar-refractivity contribution in [2.45, 2.75) is 45.6 Å². The van der Waals surface area contributed by atoms with Crippen LogP contribution in [0.1, 0.15) is 49.1 Å².